The molecular formula is C10H24N2. The predicted molar refractivity (Wildman–Crippen MR) is 55.5 cm³/mol. The van der Waals surface area contributed by atoms with Crippen LogP contribution >= 0.6 is 0 Å². The zero-order valence-electron chi connectivity index (χ0n) is 8.82. The van der Waals surface area contributed by atoms with Gasteiger partial charge in [0.2, 0.25) is 0 Å². The van der Waals surface area contributed by atoms with Crippen molar-refractivity contribution in [1.29, 1.82) is 0 Å². The Kier molecular flexibility index (Phi) is 8.95. The summed E-state index contributed by atoms with van der Waals surface area (Å²) < 4.78 is 0. The molecule has 12 heavy (non-hydrogen) atoms. The second-order valence-electron chi connectivity index (χ2n) is 3.64. The molecule has 74 valence electrons. The van der Waals surface area contributed by atoms with E-state index in [4.69, 9.17) is 0 Å². The average Bonchev–Trinajstić information content (AvgIpc) is 2.02. The fourth-order valence-electron chi connectivity index (χ4n) is 1.03. The van der Waals surface area contributed by atoms with Gasteiger partial charge in [0, 0.05) is 0 Å². The van der Waals surface area contributed by atoms with Gasteiger partial charge in [-0.2, -0.15) is 0 Å². The standard InChI is InChI=1S/C10H24N2/c1-4-11-7-5-8-12-9-6-10(2)3/h10-12H,4-9H2,1-3H3. The monoisotopic (exact) mass is 172 g/mol. The molecule has 0 aromatic rings. The molecule has 0 aliphatic carbocycles. The van der Waals surface area contributed by atoms with E-state index in [2.05, 4.69) is 31.4 Å². The number of hydrogen-bond donors (Lipinski definition) is 2. The van der Waals surface area contributed by atoms with Gasteiger partial charge in [-0.05, 0) is 44.9 Å². The maximum atomic E-state index is 3.44. The molecule has 0 atom stereocenters. The van der Waals surface area contributed by atoms with Crippen molar-refractivity contribution in [2.75, 3.05) is 26.2 Å². The van der Waals surface area contributed by atoms with Gasteiger partial charge in [0.15, 0.2) is 0 Å². The lowest BCUT2D eigenvalue weighted by Gasteiger charge is -2.06. The van der Waals surface area contributed by atoms with Crippen molar-refractivity contribution < 1.29 is 0 Å². The van der Waals surface area contributed by atoms with Crippen LogP contribution in [0.3, 0.4) is 0 Å². The molecule has 2 heteroatoms. The van der Waals surface area contributed by atoms with Gasteiger partial charge in [0.1, 0.15) is 0 Å². The number of hydrogen-bond acceptors (Lipinski definition) is 2. The summed E-state index contributed by atoms with van der Waals surface area (Å²) in [5, 5.41) is 6.74. The first-order valence-electron chi connectivity index (χ1n) is 5.18. The fraction of sp³-hybridized carbons (Fsp3) is 1.00. The van der Waals surface area contributed by atoms with Crippen LogP contribution in [0.2, 0.25) is 0 Å². The topological polar surface area (TPSA) is 24.1 Å². The van der Waals surface area contributed by atoms with Gasteiger partial charge >= 0.3 is 0 Å². The summed E-state index contributed by atoms with van der Waals surface area (Å²) in [5.41, 5.74) is 0. The smallest absolute Gasteiger partial charge is 0.00368 e. The molecule has 0 unspecified atom stereocenters. The van der Waals surface area contributed by atoms with Crippen LogP contribution in [0.25, 0.3) is 0 Å². The first kappa shape index (κ1) is 11.9. The van der Waals surface area contributed by atoms with Gasteiger partial charge in [-0.25, -0.2) is 0 Å². The van der Waals surface area contributed by atoms with Crippen molar-refractivity contribution in [2.24, 2.45) is 5.92 Å². The normalized spacial score (nSPS) is 11.0. The third-order valence-corrected chi connectivity index (χ3v) is 1.86. The summed E-state index contributed by atoms with van der Waals surface area (Å²) in [4.78, 5) is 0. The Labute approximate surface area is 77.1 Å². The van der Waals surface area contributed by atoms with Crippen molar-refractivity contribution in [3.63, 3.8) is 0 Å². The minimum absolute atomic E-state index is 0.825. The molecule has 0 saturated heterocycles. The maximum absolute atomic E-state index is 3.44. The highest BCUT2D eigenvalue weighted by molar-refractivity contribution is 4.52. The largest absolute Gasteiger partial charge is 0.317 e. The molecule has 0 aromatic carbocycles. The summed E-state index contributed by atoms with van der Waals surface area (Å²) in [6.45, 7) is 11.2. The zero-order chi connectivity index (χ0) is 9.23. The molecule has 0 bridgehead atoms. The first-order valence-corrected chi connectivity index (χ1v) is 5.18. The molecule has 0 spiro atoms. The van der Waals surface area contributed by atoms with Gasteiger partial charge in [-0.15, -0.1) is 0 Å². The van der Waals surface area contributed by atoms with Crippen LogP contribution < -0.4 is 10.6 Å². The molecule has 0 amide bonds. The molecular weight excluding hydrogens is 148 g/mol. The molecule has 0 fully saturated rings. The fourth-order valence-corrected chi connectivity index (χ4v) is 1.03. The first-order chi connectivity index (χ1) is 5.77. The van der Waals surface area contributed by atoms with E-state index in [-0.39, 0.29) is 0 Å². The van der Waals surface area contributed by atoms with Crippen molar-refractivity contribution >= 4 is 0 Å². The Bertz CT molecular complexity index is 81.9. The van der Waals surface area contributed by atoms with Gasteiger partial charge in [0.25, 0.3) is 0 Å². The van der Waals surface area contributed by atoms with Crippen LogP contribution in [0.15, 0.2) is 0 Å². The highest BCUT2D eigenvalue weighted by Crippen LogP contribution is 1.95. The summed E-state index contributed by atoms with van der Waals surface area (Å²) in [5.74, 6) is 0.825. The van der Waals surface area contributed by atoms with E-state index >= 15 is 0 Å². The third kappa shape index (κ3) is 9.92. The quantitative estimate of drug-likeness (QED) is 0.544. The molecule has 0 saturated carbocycles. The van der Waals surface area contributed by atoms with E-state index in [9.17, 15) is 0 Å². The van der Waals surface area contributed by atoms with Crippen molar-refractivity contribution in [3.8, 4) is 0 Å². The highest BCUT2D eigenvalue weighted by Gasteiger charge is 1.92. The summed E-state index contributed by atoms with van der Waals surface area (Å²) in [7, 11) is 0. The molecule has 0 heterocycles. The minimum atomic E-state index is 0.825. The van der Waals surface area contributed by atoms with Crippen LogP contribution in [0.1, 0.15) is 33.6 Å². The lowest BCUT2D eigenvalue weighted by atomic mass is 10.1. The SMILES string of the molecule is CCNCCCNCCC(C)C. The van der Waals surface area contributed by atoms with E-state index < -0.39 is 0 Å². The molecule has 0 rings (SSSR count). The third-order valence-electron chi connectivity index (χ3n) is 1.86. The second-order valence-corrected chi connectivity index (χ2v) is 3.64. The van der Waals surface area contributed by atoms with Crippen molar-refractivity contribution in [2.45, 2.75) is 33.6 Å². The Morgan fingerprint density at radius 1 is 1.00 bits per heavy atom. The summed E-state index contributed by atoms with van der Waals surface area (Å²) in [6, 6.07) is 0. The number of nitrogens with one attached hydrogen (secondary N) is 2. The Balaban J connectivity index is 2.82. The van der Waals surface area contributed by atoms with Gasteiger partial charge in [0.05, 0.1) is 0 Å². The van der Waals surface area contributed by atoms with E-state index in [1.165, 1.54) is 19.4 Å². The minimum Gasteiger partial charge on any atom is -0.317 e. The highest BCUT2D eigenvalue weighted by atomic mass is 14.9. The van der Waals surface area contributed by atoms with Crippen molar-refractivity contribution in [1.82, 2.24) is 10.6 Å². The van der Waals surface area contributed by atoms with Crippen LogP contribution in [0.4, 0.5) is 0 Å². The van der Waals surface area contributed by atoms with Crippen LogP contribution in [-0.4, -0.2) is 26.2 Å². The van der Waals surface area contributed by atoms with E-state index in [1.54, 1.807) is 0 Å². The Morgan fingerprint density at radius 2 is 1.67 bits per heavy atom. The Hall–Kier alpha value is -0.0800. The molecule has 0 aromatic heterocycles. The summed E-state index contributed by atoms with van der Waals surface area (Å²) >= 11 is 0. The van der Waals surface area contributed by atoms with Crippen LogP contribution in [0.5, 0.6) is 0 Å². The van der Waals surface area contributed by atoms with Crippen LogP contribution in [0, 0.1) is 5.92 Å². The Morgan fingerprint density at radius 3 is 2.25 bits per heavy atom. The van der Waals surface area contributed by atoms with Gasteiger partial charge in [-0.1, -0.05) is 20.8 Å². The molecule has 2 nitrogen and oxygen atoms in total. The van der Waals surface area contributed by atoms with E-state index in [0.717, 1.165) is 25.6 Å². The lowest BCUT2D eigenvalue weighted by molar-refractivity contribution is 0.526. The average molecular weight is 172 g/mol. The second kappa shape index (κ2) is 9.01. The molecule has 0 aliphatic rings. The zero-order valence-corrected chi connectivity index (χ0v) is 8.82. The van der Waals surface area contributed by atoms with E-state index in [1.807, 2.05) is 0 Å². The van der Waals surface area contributed by atoms with E-state index in [0.29, 0.717) is 0 Å². The molecule has 0 aliphatic heterocycles. The summed E-state index contributed by atoms with van der Waals surface area (Å²) in [6.07, 6.45) is 2.53. The predicted octanol–water partition coefficient (Wildman–Crippen LogP) is 1.62. The molecule has 0 radical (unpaired) electrons. The number of rotatable bonds is 8. The van der Waals surface area contributed by atoms with Gasteiger partial charge in [-0.3, -0.25) is 0 Å². The maximum Gasteiger partial charge on any atom is -0.00368 e. The lowest BCUT2D eigenvalue weighted by Crippen LogP contribution is -2.23. The van der Waals surface area contributed by atoms with Gasteiger partial charge < -0.3 is 10.6 Å². The van der Waals surface area contributed by atoms with Crippen molar-refractivity contribution in [3.05, 3.63) is 0 Å². The molecule has 2 N–H and O–H groups in total. The van der Waals surface area contributed by atoms with Crippen LogP contribution in [-0.2, 0) is 0 Å².